The molecule has 0 aliphatic rings. The van der Waals surface area contributed by atoms with E-state index in [-0.39, 0.29) is 6.04 Å². The predicted molar refractivity (Wildman–Crippen MR) is 76.8 cm³/mol. The average Bonchev–Trinajstić information content (AvgIpc) is 2.66. The summed E-state index contributed by atoms with van der Waals surface area (Å²) < 4.78 is 2.24. The van der Waals surface area contributed by atoms with Gasteiger partial charge >= 0.3 is 0 Å². The third-order valence-electron chi connectivity index (χ3n) is 3.33. The van der Waals surface area contributed by atoms with E-state index in [9.17, 15) is 0 Å². The zero-order valence-electron chi connectivity index (χ0n) is 11.9. The number of fused-ring (bicyclic) bond motifs is 1. The lowest BCUT2D eigenvalue weighted by Gasteiger charge is -2.15. The first-order valence-electron chi connectivity index (χ1n) is 6.69. The minimum atomic E-state index is -0.0395. The molecule has 18 heavy (non-hydrogen) atoms. The third kappa shape index (κ3) is 2.15. The highest BCUT2D eigenvalue weighted by Crippen LogP contribution is 2.26. The van der Waals surface area contributed by atoms with E-state index in [1.165, 1.54) is 11.1 Å². The second-order valence-electron chi connectivity index (χ2n) is 5.63. The number of benzene rings is 1. The highest BCUT2D eigenvalue weighted by molar-refractivity contribution is 5.77. The summed E-state index contributed by atoms with van der Waals surface area (Å²) in [5.41, 5.74) is 9.60. The van der Waals surface area contributed by atoms with Gasteiger partial charge in [-0.25, -0.2) is 4.98 Å². The van der Waals surface area contributed by atoms with Gasteiger partial charge in [-0.05, 0) is 44.4 Å². The van der Waals surface area contributed by atoms with Gasteiger partial charge < -0.3 is 10.3 Å². The Morgan fingerprint density at radius 2 is 1.78 bits per heavy atom. The van der Waals surface area contributed by atoms with Gasteiger partial charge in [0.1, 0.15) is 5.82 Å². The first-order valence-corrected chi connectivity index (χ1v) is 6.69. The van der Waals surface area contributed by atoms with Crippen molar-refractivity contribution >= 4 is 11.0 Å². The van der Waals surface area contributed by atoms with Gasteiger partial charge in [0.05, 0.1) is 17.1 Å². The highest BCUT2D eigenvalue weighted by atomic mass is 15.1. The molecule has 1 aromatic carbocycles. The second kappa shape index (κ2) is 4.73. The number of rotatable bonds is 3. The van der Waals surface area contributed by atoms with Crippen molar-refractivity contribution in [1.29, 1.82) is 0 Å². The average molecular weight is 245 g/mol. The summed E-state index contributed by atoms with van der Waals surface area (Å²) in [4.78, 5) is 4.71. The van der Waals surface area contributed by atoms with Gasteiger partial charge in [-0.15, -0.1) is 0 Å². The van der Waals surface area contributed by atoms with Crippen LogP contribution in [0.3, 0.4) is 0 Å². The van der Waals surface area contributed by atoms with Gasteiger partial charge in [-0.3, -0.25) is 0 Å². The Kier molecular flexibility index (Phi) is 3.44. The molecule has 0 aliphatic heterocycles. The molecule has 0 bridgehead atoms. The molecule has 0 saturated heterocycles. The number of aromatic nitrogens is 2. The molecule has 1 atom stereocenters. The van der Waals surface area contributed by atoms with E-state index >= 15 is 0 Å². The molecule has 1 heterocycles. The monoisotopic (exact) mass is 245 g/mol. The van der Waals surface area contributed by atoms with Gasteiger partial charge in [0, 0.05) is 6.04 Å². The Labute approximate surface area is 109 Å². The molecule has 2 aromatic rings. The molecule has 2 rings (SSSR count). The molecule has 2 N–H and O–H groups in total. The maximum atomic E-state index is 6.03. The third-order valence-corrected chi connectivity index (χ3v) is 3.33. The number of imidazole rings is 1. The quantitative estimate of drug-likeness (QED) is 0.894. The summed E-state index contributed by atoms with van der Waals surface area (Å²) in [7, 11) is 0. The number of nitrogens with two attached hydrogens (primary N) is 1. The van der Waals surface area contributed by atoms with E-state index in [2.05, 4.69) is 50.5 Å². The van der Waals surface area contributed by atoms with Crippen molar-refractivity contribution in [3.05, 3.63) is 29.6 Å². The van der Waals surface area contributed by atoms with Crippen LogP contribution in [0.5, 0.6) is 0 Å². The topological polar surface area (TPSA) is 43.8 Å². The van der Waals surface area contributed by atoms with Crippen LogP contribution in [0.4, 0.5) is 0 Å². The van der Waals surface area contributed by atoms with Crippen molar-refractivity contribution in [3.8, 4) is 0 Å². The summed E-state index contributed by atoms with van der Waals surface area (Å²) in [5, 5.41) is 0. The molecule has 98 valence electrons. The van der Waals surface area contributed by atoms with Gasteiger partial charge in [0.25, 0.3) is 0 Å². The van der Waals surface area contributed by atoms with E-state index in [1.54, 1.807) is 0 Å². The standard InChI is InChI=1S/C15H23N3/c1-9(2)12-6-7-14-13(8-12)17-15(11(5)16)18(14)10(3)4/h6-11H,16H2,1-5H3. The lowest BCUT2D eigenvalue weighted by atomic mass is 10.0. The van der Waals surface area contributed by atoms with Crippen LogP contribution < -0.4 is 5.73 Å². The van der Waals surface area contributed by atoms with Crippen LogP contribution in [0.1, 0.15) is 64.0 Å². The van der Waals surface area contributed by atoms with Crippen molar-refractivity contribution in [2.75, 3.05) is 0 Å². The summed E-state index contributed by atoms with van der Waals surface area (Å²) >= 11 is 0. The van der Waals surface area contributed by atoms with Crippen LogP contribution in [0.2, 0.25) is 0 Å². The zero-order valence-corrected chi connectivity index (χ0v) is 11.9. The Morgan fingerprint density at radius 3 is 2.28 bits per heavy atom. The SMILES string of the molecule is CC(C)c1ccc2c(c1)nc(C(C)N)n2C(C)C. The predicted octanol–water partition coefficient (Wildman–Crippen LogP) is 3.76. The molecule has 0 aliphatic carbocycles. The first kappa shape index (κ1) is 13.1. The van der Waals surface area contributed by atoms with Gasteiger partial charge in [0.15, 0.2) is 0 Å². The fourth-order valence-corrected chi connectivity index (χ4v) is 2.36. The molecule has 0 saturated carbocycles. The molecule has 1 aromatic heterocycles. The molecule has 0 fully saturated rings. The fraction of sp³-hybridized carbons (Fsp3) is 0.533. The maximum Gasteiger partial charge on any atom is 0.126 e. The molecule has 0 radical (unpaired) electrons. The second-order valence-corrected chi connectivity index (χ2v) is 5.63. The van der Waals surface area contributed by atoms with Crippen molar-refractivity contribution < 1.29 is 0 Å². The van der Waals surface area contributed by atoms with Crippen LogP contribution in [0, 0.1) is 0 Å². The number of hydrogen-bond acceptors (Lipinski definition) is 2. The van der Waals surface area contributed by atoms with Crippen LogP contribution in [0.25, 0.3) is 11.0 Å². The summed E-state index contributed by atoms with van der Waals surface area (Å²) in [6.45, 7) is 10.7. The fourth-order valence-electron chi connectivity index (χ4n) is 2.36. The summed E-state index contributed by atoms with van der Waals surface area (Å²) in [5.74, 6) is 1.50. The van der Waals surface area contributed by atoms with E-state index in [0.717, 1.165) is 11.3 Å². The minimum absolute atomic E-state index is 0.0395. The van der Waals surface area contributed by atoms with Gasteiger partial charge in [0.2, 0.25) is 0 Å². The van der Waals surface area contributed by atoms with Crippen molar-refractivity contribution in [2.45, 2.75) is 52.6 Å². The molecule has 1 unspecified atom stereocenters. The first-order chi connectivity index (χ1) is 8.41. The normalized spacial score (nSPS) is 13.8. The maximum absolute atomic E-state index is 6.03. The van der Waals surface area contributed by atoms with Gasteiger partial charge in [-0.2, -0.15) is 0 Å². The van der Waals surface area contributed by atoms with Crippen molar-refractivity contribution in [3.63, 3.8) is 0 Å². The van der Waals surface area contributed by atoms with Crippen LogP contribution in [-0.2, 0) is 0 Å². The van der Waals surface area contributed by atoms with E-state index in [4.69, 9.17) is 10.7 Å². The van der Waals surface area contributed by atoms with E-state index in [1.807, 2.05) is 6.92 Å². The molecule has 0 spiro atoms. The Hall–Kier alpha value is -1.35. The molecule has 0 amide bonds. The van der Waals surface area contributed by atoms with Gasteiger partial charge in [-0.1, -0.05) is 19.9 Å². The smallest absolute Gasteiger partial charge is 0.126 e. The number of hydrogen-bond donors (Lipinski definition) is 1. The zero-order chi connectivity index (χ0) is 13.4. The Morgan fingerprint density at radius 1 is 1.11 bits per heavy atom. The highest BCUT2D eigenvalue weighted by Gasteiger charge is 2.16. The minimum Gasteiger partial charge on any atom is -0.324 e. The summed E-state index contributed by atoms with van der Waals surface area (Å²) in [6, 6.07) is 6.88. The van der Waals surface area contributed by atoms with E-state index in [0.29, 0.717) is 12.0 Å². The van der Waals surface area contributed by atoms with E-state index < -0.39 is 0 Å². The van der Waals surface area contributed by atoms with Crippen molar-refractivity contribution in [1.82, 2.24) is 9.55 Å². The lowest BCUT2D eigenvalue weighted by Crippen LogP contribution is -2.14. The number of nitrogens with zero attached hydrogens (tertiary/aromatic N) is 2. The Balaban J connectivity index is 2.68. The molecular weight excluding hydrogens is 222 g/mol. The Bertz CT molecular complexity index is 550. The lowest BCUT2D eigenvalue weighted by molar-refractivity contribution is 0.558. The van der Waals surface area contributed by atoms with Crippen LogP contribution >= 0.6 is 0 Å². The molecular formula is C15H23N3. The molecule has 3 nitrogen and oxygen atoms in total. The van der Waals surface area contributed by atoms with Crippen LogP contribution in [0.15, 0.2) is 18.2 Å². The van der Waals surface area contributed by atoms with Crippen LogP contribution in [-0.4, -0.2) is 9.55 Å². The summed E-state index contributed by atoms with van der Waals surface area (Å²) in [6.07, 6.45) is 0. The largest absolute Gasteiger partial charge is 0.324 e. The van der Waals surface area contributed by atoms with Crippen molar-refractivity contribution in [2.24, 2.45) is 5.73 Å². The molecule has 3 heteroatoms.